The number of epoxide rings is 1. The van der Waals surface area contributed by atoms with Crippen molar-refractivity contribution in [2.45, 2.75) is 63.6 Å². The van der Waals surface area contributed by atoms with Crippen molar-refractivity contribution < 1.29 is 18.8 Å². The Bertz CT molecular complexity index is 1130. The van der Waals surface area contributed by atoms with E-state index in [1.807, 2.05) is 30.3 Å². The van der Waals surface area contributed by atoms with Gasteiger partial charge < -0.3 is 9.16 Å². The third-order valence-electron chi connectivity index (χ3n) is 7.66. The molecule has 2 aliphatic carbocycles. The number of carbonyl (C=O) groups is 2. The van der Waals surface area contributed by atoms with Crippen LogP contribution in [0.5, 0.6) is 0 Å². The van der Waals surface area contributed by atoms with Crippen LogP contribution in [0.15, 0.2) is 65.7 Å². The van der Waals surface area contributed by atoms with Crippen molar-refractivity contribution in [3.8, 4) is 0 Å². The van der Waals surface area contributed by atoms with Gasteiger partial charge in [0.25, 0.3) is 0 Å². The van der Waals surface area contributed by atoms with Crippen LogP contribution >= 0.6 is 0 Å². The summed E-state index contributed by atoms with van der Waals surface area (Å²) in [5.41, 5.74) is 3.27. The molecule has 2 aromatic rings. The molecule has 0 unspecified atom stereocenters. The molecule has 0 bridgehead atoms. The Morgan fingerprint density at radius 1 is 0.938 bits per heavy atom. The lowest BCUT2D eigenvalue weighted by Gasteiger charge is -2.43. The Labute approximate surface area is 190 Å². The number of ketones is 2. The zero-order chi connectivity index (χ0) is 22.8. The Balaban J connectivity index is 1.65. The van der Waals surface area contributed by atoms with Gasteiger partial charge in [-0.05, 0) is 23.7 Å². The number of ether oxygens (including phenoxy) is 1. The highest BCUT2D eigenvalue weighted by atomic mass is 28.4. The van der Waals surface area contributed by atoms with Crippen molar-refractivity contribution in [1.82, 2.24) is 0 Å². The van der Waals surface area contributed by atoms with Gasteiger partial charge in [0.05, 0.1) is 18.3 Å². The summed E-state index contributed by atoms with van der Waals surface area (Å²) in [4.78, 5) is 27.2. The molecule has 5 heteroatoms. The quantitative estimate of drug-likeness (QED) is 0.433. The Morgan fingerprint density at radius 2 is 1.53 bits per heavy atom. The molecule has 166 valence electrons. The Morgan fingerprint density at radius 3 is 2.16 bits per heavy atom. The van der Waals surface area contributed by atoms with Crippen molar-refractivity contribution >= 4 is 19.9 Å². The van der Waals surface area contributed by atoms with Gasteiger partial charge >= 0.3 is 0 Å². The first-order valence-corrected chi connectivity index (χ1v) is 14.3. The molecular formula is C27H30O4Si. The lowest BCUT2D eigenvalue weighted by Crippen LogP contribution is -2.45. The summed E-state index contributed by atoms with van der Waals surface area (Å²) in [6.07, 6.45) is 0.0666. The highest BCUT2D eigenvalue weighted by Crippen LogP contribution is 2.54. The number of rotatable bonds is 4. The number of Topliss-reactive ketones (excluding diaryl/α,β-unsaturated/α-hetero) is 2. The maximum atomic E-state index is 13.8. The van der Waals surface area contributed by atoms with Gasteiger partial charge in [0.15, 0.2) is 19.9 Å². The van der Waals surface area contributed by atoms with E-state index < -0.39 is 8.32 Å². The molecule has 0 spiro atoms. The van der Waals surface area contributed by atoms with Gasteiger partial charge in [-0.15, -0.1) is 0 Å². The largest absolute Gasteiger partial charge is 0.409 e. The molecule has 4 atom stereocenters. The van der Waals surface area contributed by atoms with Gasteiger partial charge in [-0.25, -0.2) is 0 Å². The van der Waals surface area contributed by atoms with Crippen LogP contribution in [0.1, 0.15) is 59.6 Å². The van der Waals surface area contributed by atoms with Gasteiger partial charge in [-0.3, -0.25) is 9.59 Å². The van der Waals surface area contributed by atoms with Crippen LogP contribution < -0.4 is 0 Å². The molecule has 0 N–H and O–H groups in total. The maximum absolute atomic E-state index is 13.8. The van der Waals surface area contributed by atoms with E-state index in [0.29, 0.717) is 28.7 Å². The van der Waals surface area contributed by atoms with E-state index in [2.05, 4.69) is 46.0 Å². The fourth-order valence-corrected chi connectivity index (χ4v) is 6.08. The lowest BCUT2D eigenvalue weighted by molar-refractivity contribution is 0.0874. The first-order valence-electron chi connectivity index (χ1n) is 11.4. The molecule has 0 aromatic heterocycles. The summed E-state index contributed by atoms with van der Waals surface area (Å²) in [5, 5.41) is 0.00864. The van der Waals surface area contributed by atoms with Gasteiger partial charge in [0.2, 0.25) is 0 Å². The summed E-state index contributed by atoms with van der Waals surface area (Å²) in [5.74, 6) is -0.368. The van der Waals surface area contributed by atoms with E-state index in [1.165, 1.54) is 0 Å². The summed E-state index contributed by atoms with van der Waals surface area (Å²) in [6, 6.07) is 17.3. The van der Waals surface area contributed by atoms with E-state index in [4.69, 9.17) is 9.16 Å². The molecule has 1 aliphatic heterocycles. The van der Waals surface area contributed by atoms with E-state index in [-0.39, 0.29) is 40.8 Å². The molecule has 3 aliphatic rings. The summed E-state index contributed by atoms with van der Waals surface area (Å²) in [7, 11) is -2.19. The van der Waals surface area contributed by atoms with Crippen molar-refractivity contribution in [3.63, 3.8) is 0 Å². The van der Waals surface area contributed by atoms with Crippen LogP contribution in [-0.2, 0) is 9.16 Å². The first-order chi connectivity index (χ1) is 15.1. The molecule has 1 saturated heterocycles. The number of hydrogen-bond donors (Lipinski definition) is 0. The topological polar surface area (TPSA) is 55.9 Å². The van der Waals surface area contributed by atoms with Crippen LogP contribution in [0, 0.1) is 5.92 Å². The standard InChI is InChI=1S/C27H30O4Si/c1-27(2,3)32(4,5)31-25(16-11-7-6-8-12-16)22-21-19(15-20-26(22)30-20)23(28)17-13-9-10-14-18(17)24(21)29/h6-14,20,22,25-26H,15H2,1-5H3/t20-,22-,25-,26-/m1/s1. The van der Waals surface area contributed by atoms with Crippen LogP contribution in [-0.4, -0.2) is 32.1 Å². The number of benzene rings is 2. The molecule has 2 aromatic carbocycles. The second-order valence-electron chi connectivity index (χ2n) is 10.7. The van der Waals surface area contributed by atoms with Gasteiger partial charge in [-0.2, -0.15) is 0 Å². The molecule has 4 nitrogen and oxygen atoms in total. The van der Waals surface area contributed by atoms with Crippen molar-refractivity contribution in [1.29, 1.82) is 0 Å². The highest BCUT2D eigenvalue weighted by molar-refractivity contribution is 6.74. The highest BCUT2D eigenvalue weighted by Gasteiger charge is 2.58. The Kier molecular flexibility index (Phi) is 4.93. The number of hydrogen-bond acceptors (Lipinski definition) is 4. The molecule has 1 heterocycles. The minimum absolute atomic E-state index is 0.00864. The second kappa shape index (κ2) is 7.34. The molecule has 0 saturated carbocycles. The smallest absolute Gasteiger partial charge is 0.192 e. The summed E-state index contributed by atoms with van der Waals surface area (Å²) < 4.78 is 13.1. The molecule has 0 amide bonds. The normalized spacial score (nSPS) is 25.7. The van der Waals surface area contributed by atoms with Gasteiger partial charge in [0, 0.05) is 34.6 Å². The van der Waals surface area contributed by atoms with Crippen molar-refractivity contribution in [2.24, 2.45) is 5.92 Å². The van der Waals surface area contributed by atoms with Gasteiger partial charge in [-0.1, -0.05) is 75.4 Å². The van der Waals surface area contributed by atoms with Crippen molar-refractivity contribution in [3.05, 3.63) is 82.4 Å². The van der Waals surface area contributed by atoms with Gasteiger partial charge in [0.1, 0.15) is 0 Å². The SMILES string of the molecule is CC(C)(C)[Si](C)(C)O[C@H](c1ccccc1)[C@H]1C2=C(C[C@H]3O[C@@H]13)C(=O)c1ccccc1C2=O. The zero-order valence-electron chi connectivity index (χ0n) is 19.3. The van der Waals surface area contributed by atoms with E-state index >= 15 is 0 Å². The predicted octanol–water partition coefficient (Wildman–Crippen LogP) is 5.91. The second-order valence-corrected chi connectivity index (χ2v) is 15.4. The summed E-state index contributed by atoms with van der Waals surface area (Å²) in [6.45, 7) is 11.1. The van der Waals surface area contributed by atoms with Crippen LogP contribution in [0.3, 0.4) is 0 Å². The molecule has 0 radical (unpaired) electrons. The minimum atomic E-state index is -2.19. The molecule has 5 rings (SSSR count). The number of carbonyl (C=O) groups excluding carboxylic acids is 2. The van der Waals surface area contributed by atoms with Crippen LogP contribution in [0.25, 0.3) is 0 Å². The average Bonchev–Trinajstić information content (AvgIpc) is 3.54. The predicted molar refractivity (Wildman–Crippen MR) is 126 cm³/mol. The lowest BCUT2D eigenvalue weighted by atomic mass is 9.70. The third kappa shape index (κ3) is 3.34. The monoisotopic (exact) mass is 446 g/mol. The fourth-order valence-electron chi connectivity index (χ4n) is 4.81. The third-order valence-corrected chi connectivity index (χ3v) is 12.1. The summed E-state index contributed by atoms with van der Waals surface area (Å²) >= 11 is 0. The first kappa shape index (κ1) is 21.5. The zero-order valence-corrected chi connectivity index (χ0v) is 20.3. The average molecular weight is 447 g/mol. The number of fused-ring (bicyclic) bond motifs is 2. The van der Waals surface area contributed by atoms with E-state index in [0.717, 1.165) is 5.56 Å². The fraction of sp³-hybridized carbons (Fsp3) is 0.407. The molecule has 32 heavy (non-hydrogen) atoms. The Hall–Kier alpha value is -2.34. The van der Waals surface area contributed by atoms with E-state index in [1.54, 1.807) is 12.1 Å². The van der Waals surface area contributed by atoms with Crippen molar-refractivity contribution in [2.75, 3.05) is 0 Å². The van der Waals surface area contributed by atoms with E-state index in [9.17, 15) is 9.59 Å². The van der Waals surface area contributed by atoms with Crippen LogP contribution in [0.2, 0.25) is 18.1 Å². The minimum Gasteiger partial charge on any atom is -0.409 e. The maximum Gasteiger partial charge on any atom is 0.192 e. The molecule has 1 fully saturated rings. The molecular weight excluding hydrogens is 416 g/mol. The van der Waals surface area contributed by atoms with Crippen LogP contribution in [0.4, 0.5) is 0 Å².